The SMILES string of the molecule is Cc1nn(Cc2ccccc2F)c(C)c1NC(=O)CCn1cc(Br)c([N+](=O)[O-])n1. The largest absolute Gasteiger partial charge is 0.404 e. The van der Waals surface area contributed by atoms with Gasteiger partial charge in [0.05, 0.1) is 41.5 Å². The number of anilines is 1. The smallest absolute Gasteiger partial charge is 0.358 e. The first-order valence-electron chi connectivity index (χ1n) is 8.71. The highest BCUT2D eigenvalue weighted by molar-refractivity contribution is 9.10. The molecular formula is C18H18BrFN6O3. The van der Waals surface area contributed by atoms with E-state index in [1.807, 2.05) is 0 Å². The molecule has 0 bridgehead atoms. The maximum atomic E-state index is 13.9. The average molecular weight is 465 g/mol. The minimum atomic E-state index is -0.600. The van der Waals surface area contributed by atoms with Crippen LogP contribution in [-0.2, 0) is 17.9 Å². The Hall–Kier alpha value is -3.08. The van der Waals surface area contributed by atoms with E-state index in [1.54, 1.807) is 36.7 Å². The summed E-state index contributed by atoms with van der Waals surface area (Å²) in [6.45, 7) is 3.98. The average Bonchev–Trinajstić information content (AvgIpc) is 3.17. The molecule has 0 unspecified atom stereocenters. The number of nitrogens with one attached hydrogen (secondary N) is 1. The molecule has 1 N–H and O–H groups in total. The fraction of sp³-hybridized carbons (Fsp3) is 0.278. The van der Waals surface area contributed by atoms with Crippen molar-refractivity contribution in [3.8, 4) is 0 Å². The molecule has 0 aliphatic carbocycles. The van der Waals surface area contributed by atoms with Crippen molar-refractivity contribution in [2.75, 3.05) is 5.32 Å². The number of rotatable bonds is 7. The normalized spacial score (nSPS) is 10.9. The Labute approximate surface area is 173 Å². The van der Waals surface area contributed by atoms with Crippen LogP contribution in [0.4, 0.5) is 15.9 Å². The van der Waals surface area contributed by atoms with Gasteiger partial charge in [-0.2, -0.15) is 9.78 Å². The first kappa shape index (κ1) is 20.6. The van der Waals surface area contributed by atoms with Gasteiger partial charge in [0.1, 0.15) is 10.3 Å². The molecule has 2 aromatic heterocycles. The summed E-state index contributed by atoms with van der Waals surface area (Å²) in [6.07, 6.45) is 1.52. The van der Waals surface area contributed by atoms with Crippen LogP contribution in [0.1, 0.15) is 23.4 Å². The molecule has 0 saturated heterocycles. The molecule has 0 saturated carbocycles. The van der Waals surface area contributed by atoms with Gasteiger partial charge >= 0.3 is 5.82 Å². The van der Waals surface area contributed by atoms with Gasteiger partial charge in [-0.05, 0) is 40.8 Å². The summed E-state index contributed by atoms with van der Waals surface area (Å²) < 4.78 is 17.1. The van der Waals surface area contributed by atoms with Crippen LogP contribution in [0, 0.1) is 29.8 Å². The van der Waals surface area contributed by atoms with Crippen LogP contribution >= 0.6 is 15.9 Å². The van der Waals surface area contributed by atoms with Gasteiger partial charge in [-0.25, -0.2) is 4.39 Å². The Bertz CT molecular complexity index is 1080. The van der Waals surface area contributed by atoms with E-state index < -0.39 is 4.92 Å². The van der Waals surface area contributed by atoms with E-state index in [9.17, 15) is 19.3 Å². The highest BCUT2D eigenvalue weighted by Gasteiger charge is 2.20. The quantitative estimate of drug-likeness (QED) is 0.424. The molecule has 9 nitrogen and oxygen atoms in total. The third-order valence-corrected chi connectivity index (χ3v) is 4.92. The first-order chi connectivity index (χ1) is 13.8. The monoisotopic (exact) mass is 464 g/mol. The minimum Gasteiger partial charge on any atom is -0.358 e. The number of aromatic nitrogens is 4. The standard InChI is InChI=1S/C18H18BrFN6O3/c1-11-17(12(2)25(22-11)9-13-5-3-4-6-15(13)20)21-16(27)7-8-24-10-14(19)18(23-24)26(28)29/h3-6,10H,7-9H2,1-2H3,(H,21,27). The predicted molar refractivity (Wildman–Crippen MR) is 107 cm³/mol. The number of hydrogen-bond acceptors (Lipinski definition) is 5. The molecule has 152 valence electrons. The van der Waals surface area contributed by atoms with E-state index in [4.69, 9.17) is 0 Å². The second-order valence-corrected chi connectivity index (χ2v) is 7.27. The highest BCUT2D eigenvalue weighted by atomic mass is 79.9. The zero-order chi connectivity index (χ0) is 21.1. The molecule has 1 amide bonds. The van der Waals surface area contributed by atoms with Crippen LogP contribution in [0.5, 0.6) is 0 Å². The summed E-state index contributed by atoms with van der Waals surface area (Å²) >= 11 is 3.07. The van der Waals surface area contributed by atoms with Crippen molar-refractivity contribution >= 4 is 33.3 Å². The van der Waals surface area contributed by atoms with Gasteiger partial charge in [0, 0.05) is 12.0 Å². The van der Waals surface area contributed by atoms with Gasteiger partial charge in [0.2, 0.25) is 5.91 Å². The molecule has 2 heterocycles. The van der Waals surface area contributed by atoms with Crippen molar-refractivity contribution in [3.63, 3.8) is 0 Å². The summed E-state index contributed by atoms with van der Waals surface area (Å²) in [4.78, 5) is 22.6. The lowest BCUT2D eigenvalue weighted by Gasteiger charge is -2.08. The molecular weight excluding hydrogens is 447 g/mol. The molecule has 0 aliphatic rings. The summed E-state index contributed by atoms with van der Waals surface area (Å²) in [5.41, 5.74) is 2.39. The number of carbonyl (C=O) groups is 1. The number of amides is 1. The van der Waals surface area contributed by atoms with Gasteiger partial charge in [-0.3, -0.25) is 9.48 Å². The van der Waals surface area contributed by atoms with Crippen molar-refractivity contribution in [1.82, 2.24) is 19.6 Å². The topological polar surface area (TPSA) is 108 Å². The van der Waals surface area contributed by atoms with Crippen molar-refractivity contribution < 1.29 is 14.1 Å². The summed E-state index contributed by atoms with van der Waals surface area (Å²) in [5, 5.41) is 21.9. The number of benzene rings is 1. The number of nitrogens with zero attached hydrogens (tertiary/aromatic N) is 5. The van der Waals surface area contributed by atoms with E-state index >= 15 is 0 Å². The van der Waals surface area contributed by atoms with Crippen LogP contribution in [0.15, 0.2) is 34.9 Å². The summed E-state index contributed by atoms with van der Waals surface area (Å²) in [6, 6.07) is 6.45. The van der Waals surface area contributed by atoms with Crippen molar-refractivity contribution in [2.45, 2.75) is 33.4 Å². The van der Waals surface area contributed by atoms with Gasteiger partial charge in [-0.15, -0.1) is 0 Å². The van der Waals surface area contributed by atoms with Gasteiger partial charge in [0.15, 0.2) is 0 Å². The lowest BCUT2D eigenvalue weighted by molar-refractivity contribution is -0.390. The number of aryl methyl sites for hydroxylation is 2. The Balaban J connectivity index is 1.66. The van der Waals surface area contributed by atoms with E-state index in [-0.39, 0.29) is 41.5 Å². The Morgan fingerprint density at radius 1 is 1.31 bits per heavy atom. The van der Waals surface area contributed by atoms with E-state index in [1.165, 1.54) is 16.9 Å². The molecule has 29 heavy (non-hydrogen) atoms. The summed E-state index contributed by atoms with van der Waals surface area (Å²) in [7, 11) is 0. The maximum Gasteiger partial charge on any atom is 0.404 e. The van der Waals surface area contributed by atoms with Crippen molar-refractivity contribution in [3.05, 3.63) is 67.8 Å². The summed E-state index contributed by atoms with van der Waals surface area (Å²) in [5.74, 6) is -0.896. The van der Waals surface area contributed by atoms with Crippen LogP contribution in [0.25, 0.3) is 0 Å². The van der Waals surface area contributed by atoms with Crippen LogP contribution in [0.2, 0.25) is 0 Å². The highest BCUT2D eigenvalue weighted by Crippen LogP contribution is 2.23. The molecule has 3 aromatic rings. The Morgan fingerprint density at radius 2 is 2.03 bits per heavy atom. The maximum absolute atomic E-state index is 13.9. The Kier molecular flexibility index (Phi) is 6.06. The molecule has 0 aliphatic heterocycles. The number of nitro groups is 1. The number of hydrogen-bond donors (Lipinski definition) is 1. The molecule has 0 atom stereocenters. The Morgan fingerprint density at radius 3 is 2.69 bits per heavy atom. The second-order valence-electron chi connectivity index (χ2n) is 6.41. The molecule has 0 fully saturated rings. The minimum absolute atomic E-state index is 0.0721. The first-order valence-corrected chi connectivity index (χ1v) is 9.50. The van der Waals surface area contributed by atoms with E-state index in [0.717, 1.165) is 0 Å². The molecule has 3 rings (SSSR count). The van der Waals surface area contributed by atoms with Gasteiger partial charge in [0.25, 0.3) is 0 Å². The molecule has 1 aromatic carbocycles. The van der Waals surface area contributed by atoms with Crippen molar-refractivity contribution in [1.29, 1.82) is 0 Å². The van der Waals surface area contributed by atoms with E-state index in [2.05, 4.69) is 31.4 Å². The van der Waals surface area contributed by atoms with Gasteiger partial charge in [-0.1, -0.05) is 18.2 Å². The number of halogens is 2. The van der Waals surface area contributed by atoms with Crippen molar-refractivity contribution in [2.24, 2.45) is 0 Å². The third kappa shape index (κ3) is 4.67. The lowest BCUT2D eigenvalue weighted by atomic mass is 10.2. The van der Waals surface area contributed by atoms with Crippen LogP contribution in [-0.4, -0.2) is 30.4 Å². The predicted octanol–water partition coefficient (Wildman–Crippen LogP) is 3.58. The van der Waals surface area contributed by atoms with Crippen LogP contribution < -0.4 is 5.32 Å². The lowest BCUT2D eigenvalue weighted by Crippen LogP contribution is -2.16. The van der Waals surface area contributed by atoms with Crippen LogP contribution in [0.3, 0.4) is 0 Å². The third-order valence-electron chi connectivity index (χ3n) is 4.36. The number of carbonyl (C=O) groups excluding carboxylic acids is 1. The molecule has 0 spiro atoms. The zero-order valence-corrected chi connectivity index (χ0v) is 17.3. The van der Waals surface area contributed by atoms with Gasteiger partial charge < -0.3 is 15.4 Å². The zero-order valence-electron chi connectivity index (χ0n) is 15.7. The fourth-order valence-electron chi connectivity index (χ4n) is 2.86. The second kappa shape index (κ2) is 8.52. The molecule has 11 heteroatoms. The van der Waals surface area contributed by atoms with E-state index in [0.29, 0.717) is 22.6 Å². The fourth-order valence-corrected chi connectivity index (χ4v) is 3.32. The molecule has 0 radical (unpaired) electrons.